The first-order valence-electron chi connectivity index (χ1n) is 7.21. The van der Waals surface area contributed by atoms with E-state index in [1.54, 1.807) is 0 Å². The zero-order valence-electron chi connectivity index (χ0n) is 12.3. The van der Waals surface area contributed by atoms with E-state index in [0.717, 1.165) is 5.56 Å². The fraction of sp³-hybridized carbons (Fsp3) is 0.562. The first-order chi connectivity index (χ1) is 9.79. The number of rotatable bonds is 5. The van der Waals surface area contributed by atoms with E-state index in [0.29, 0.717) is 32.0 Å². The van der Waals surface area contributed by atoms with Gasteiger partial charge in [-0.05, 0) is 12.0 Å². The van der Waals surface area contributed by atoms with Crippen molar-refractivity contribution in [3.63, 3.8) is 0 Å². The predicted molar refractivity (Wildman–Crippen MR) is 80.1 cm³/mol. The van der Waals surface area contributed by atoms with Crippen molar-refractivity contribution in [1.82, 2.24) is 0 Å². The Morgan fingerprint density at radius 3 is 2.65 bits per heavy atom. The average Bonchev–Trinajstić information content (AvgIpc) is 2.52. The summed E-state index contributed by atoms with van der Waals surface area (Å²) in [5, 5.41) is 16.8. The van der Waals surface area contributed by atoms with Crippen LogP contribution < -0.4 is 0 Å². The molecule has 4 heteroatoms. The van der Waals surface area contributed by atoms with Crippen LogP contribution in [0.2, 0.25) is 0 Å². The van der Waals surface area contributed by atoms with E-state index < -0.39 is 0 Å². The van der Waals surface area contributed by atoms with Crippen LogP contribution >= 0.6 is 0 Å². The number of benzene rings is 1. The van der Waals surface area contributed by atoms with Gasteiger partial charge < -0.3 is 20.0 Å². The smallest absolute Gasteiger partial charge is 0.0850 e. The van der Waals surface area contributed by atoms with Crippen LogP contribution in [0.4, 0.5) is 0 Å². The zero-order valence-corrected chi connectivity index (χ0v) is 12.3. The molecule has 1 fully saturated rings. The van der Waals surface area contributed by atoms with Crippen LogP contribution in [0.5, 0.6) is 0 Å². The molecule has 0 bridgehead atoms. The van der Waals surface area contributed by atoms with Crippen molar-refractivity contribution in [3.8, 4) is 0 Å². The molecule has 0 amide bonds. The molecule has 1 heterocycles. The molecule has 2 N–H and O–H groups in total. The third-order valence-corrected chi connectivity index (χ3v) is 3.15. The predicted octanol–water partition coefficient (Wildman–Crippen LogP) is 2.65. The number of aliphatic hydroxyl groups excluding tert-OH is 1. The topological polar surface area (TPSA) is 62.5 Å². The Bertz CT molecular complexity index is 381. The molecule has 2 atom stereocenters. The van der Waals surface area contributed by atoms with Crippen molar-refractivity contribution in [3.05, 3.63) is 35.9 Å². The minimum absolute atomic E-state index is 0.0139. The molecule has 1 aromatic rings. The van der Waals surface area contributed by atoms with Crippen molar-refractivity contribution in [1.29, 1.82) is 5.41 Å². The van der Waals surface area contributed by atoms with E-state index in [4.69, 9.17) is 20.0 Å². The molecular weight excluding hydrogens is 254 g/mol. The Kier molecular flexibility index (Phi) is 8.11. The van der Waals surface area contributed by atoms with Crippen LogP contribution in [-0.2, 0) is 16.1 Å². The molecule has 20 heavy (non-hydrogen) atoms. The lowest BCUT2D eigenvalue weighted by molar-refractivity contribution is -0.0310. The van der Waals surface area contributed by atoms with Crippen LogP contribution in [0.15, 0.2) is 30.3 Å². The molecular formula is C16H25NO3. The van der Waals surface area contributed by atoms with E-state index in [9.17, 15) is 0 Å². The molecule has 1 saturated heterocycles. The number of hydrogen-bond acceptors (Lipinski definition) is 4. The van der Waals surface area contributed by atoms with Gasteiger partial charge in [-0.1, -0.05) is 44.2 Å². The number of ether oxygens (including phenoxy) is 2. The third-order valence-electron chi connectivity index (χ3n) is 3.15. The molecule has 0 unspecified atom stereocenters. The molecule has 1 aromatic carbocycles. The lowest BCUT2D eigenvalue weighted by Crippen LogP contribution is -2.37. The molecule has 0 radical (unpaired) electrons. The lowest BCUT2D eigenvalue weighted by Gasteiger charge is -2.29. The fourth-order valence-corrected chi connectivity index (χ4v) is 2.04. The van der Waals surface area contributed by atoms with E-state index in [-0.39, 0.29) is 18.6 Å². The summed E-state index contributed by atoms with van der Waals surface area (Å²) in [6, 6.07) is 9.99. The summed E-state index contributed by atoms with van der Waals surface area (Å²) in [6.45, 7) is 5.42. The van der Waals surface area contributed by atoms with Crippen molar-refractivity contribution >= 4 is 5.71 Å². The summed E-state index contributed by atoms with van der Waals surface area (Å²) in [5.74, 6) is -0.0657. The van der Waals surface area contributed by atoms with Crippen molar-refractivity contribution < 1.29 is 14.6 Å². The largest absolute Gasteiger partial charge is 0.396 e. The van der Waals surface area contributed by atoms with Gasteiger partial charge in [0.2, 0.25) is 0 Å². The van der Waals surface area contributed by atoms with Gasteiger partial charge in [-0.15, -0.1) is 0 Å². The van der Waals surface area contributed by atoms with Crippen LogP contribution in [0.25, 0.3) is 0 Å². The second-order valence-corrected chi connectivity index (χ2v) is 4.57. The summed E-state index contributed by atoms with van der Waals surface area (Å²) in [7, 11) is 0. The van der Waals surface area contributed by atoms with E-state index in [1.807, 2.05) is 44.2 Å². The van der Waals surface area contributed by atoms with Crippen LogP contribution in [0, 0.1) is 11.3 Å². The van der Waals surface area contributed by atoms with Gasteiger partial charge in [0, 0.05) is 11.6 Å². The van der Waals surface area contributed by atoms with Crippen molar-refractivity contribution in [2.24, 2.45) is 5.92 Å². The van der Waals surface area contributed by atoms with Gasteiger partial charge in [0.1, 0.15) is 0 Å². The maximum atomic E-state index is 9.15. The lowest BCUT2D eigenvalue weighted by atomic mass is 9.95. The second-order valence-electron chi connectivity index (χ2n) is 4.57. The first-order valence-corrected chi connectivity index (χ1v) is 7.21. The molecule has 0 spiro atoms. The highest BCUT2D eigenvalue weighted by molar-refractivity contribution is 5.85. The van der Waals surface area contributed by atoms with Crippen LogP contribution in [-0.4, -0.2) is 36.7 Å². The van der Waals surface area contributed by atoms with E-state index in [2.05, 4.69) is 0 Å². The highest BCUT2D eigenvalue weighted by Crippen LogP contribution is 2.17. The van der Waals surface area contributed by atoms with E-state index >= 15 is 0 Å². The standard InChI is InChI=1S/C14H19NO3.C2H6/c15-14-10-18-13(6-12(14)7-16)9-17-8-11-4-2-1-3-5-11;1-2/h1-5,12-13,15-16H,6-10H2;1-2H3/t12-,13+;/m0./s1. The summed E-state index contributed by atoms with van der Waals surface area (Å²) >= 11 is 0. The Morgan fingerprint density at radius 2 is 2.00 bits per heavy atom. The molecule has 0 aliphatic carbocycles. The summed E-state index contributed by atoms with van der Waals surface area (Å²) < 4.78 is 11.1. The molecule has 4 nitrogen and oxygen atoms in total. The number of aliphatic hydroxyl groups is 1. The highest BCUT2D eigenvalue weighted by atomic mass is 16.5. The van der Waals surface area contributed by atoms with E-state index in [1.165, 1.54) is 0 Å². The van der Waals surface area contributed by atoms with Gasteiger partial charge in [-0.25, -0.2) is 0 Å². The number of nitrogens with one attached hydrogen (secondary N) is 1. The normalized spacial score (nSPS) is 22.1. The SMILES string of the molecule is CC.N=C1CO[C@@H](COCc2ccccc2)C[C@H]1CO. The van der Waals surface area contributed by atoms with Gasteiger partial charge in [-0.3, -0.25) is 0 Å². The van der Waals surface area contributed by atoms with Crippen LogP contribution in [0.1, 0.15) is 25.8 Å². The Morgan fingerprint density at radius 1 is 1.30 bits per heavy atom. The highest BCUT2D eigenvalue weighted by Gasteiger charge is 2.26. The maximum absolute atomic E-state index is 9.15. The quantitative estimate of drug-likeness (QED) is 0.871. The van der Waals surface area contributed by atoms with Crippen molar-refractivity contribution in [2.75, 3.05) is 19.8 Å². The molecule has 1 aliphatic heterocycles. The Hall–Kier alpha value is -1.23. The van der Waals surface area contributed by atoms with Gasteiger partial charge in [-0.2, -0.15) is 0 Å². The molecule has 1 aliphatic rings. The van der Waals surface area contributed by atoms with Gasteiger partial charge >= 0.3 is 0 Å². The summed E-state index contributed by atoms with van der Waals surface area (Å²) in [6.07, 6.45) is 0.657. The van der Waals surface area contributed by atoms with Crippen molar-refractivity contribution in [2.45, 2.75) is 33.0 Å². The molecule has 2 rings (SSSR count). The summed E-state index contributed by atoms with van der Waals surface area (Å²) in [4.78, 5) is 0. The number of hydrogen-bond donors (Lipinski definition) is 2. The summed E-state index contributed by atoms with van der Waals surface area (Å²) in [5.41, 5.74) is 1.62. The molecule has 0 saturated carbocycles. The minimum atomic E-state index is -0.0657. The van der Waals surface area contributed by atoms with Gasteiger partial charge in [0.15, 0.2) is 0 Å². The molecule has 112 valence electrons. The Balaban J connectivity index is 0.000000956. The minimum Gasteiger partial charge on any atom is -0.396 e. The molecule has 0 aromatic heterocycles. The maximum Gasteiger partial charge on any atom is 0.0850 e. The Labute approximate surface area is 121 Å². The van der Waals surface area contributed by atoms with Gasteiger partial charge in [0.05, 0.1) is 32.5 Å². The first kappa shape index (κ1) is 16.8. The average molecular weight is 279 g/mol. The third kappa shape index (κ3) is 5.41. The fourth-order valence-electron chi connectivity index (χ4n) is 2.04. The van der Waals surface area contributed by atoms with Crippen LogP contribution in [0.3, 0.4) is 0 Å². The zero-order chi connectivity index (χ0) is 14.8. The second kappa shape index (κ2) is 9.64. The monoisotopic (exact) mass is 279 g/mol. The van der Waals surface area contributed by atoms with Gasteiger partial charge in [0.25, 0.3) is 0 Å².